The molecular weight excluding hydrogens is 879 g/mol. The molecule has 0 fully saturated rings. The molecule has 0 spiro atoms. The lowest BCUT2D eigenvalue weighted by atomic mass is 9.65. The molecule has 1 nitrogen and oxygen atoms in total. The van der Waals surface area contributed by atoms with Gasteiger partial charge in [0.15, 0.2) is 0 Å². The lowest BCUT2D eigenvalue weighted by Crippen LogP contribution is -2.30. The molecule has 5 aliphatic rings. The Hall–Kier alpha value is -8.00. The second kappa shape index (κ2) is 14.8. The fraction of sp³-hybridized carbons (Fsp3) is 0.167. The highest BCUT2D eigenvalue weighted by Crippen LogP contribution is 2.63. The van der Waals surface area contributed by atoms with E-state index >= 15 is 0 Å². The molecular formula is C72H57N. The molecule has 1 unspecified atom stereocenters. The van der Waals surface area contributed by atoms with Crippen LogP contribution in [0.2, 0.25) is 0 Å². The van der Waals surface area contributed by atoms with Crippen LogP contribution in [0.1, 0.15) is 104 Å². The average molecular weight is 936 g/mol. The largest absolute Gasteiger partial charge is 0.310 e. The highest BCUT2D eigenvalue weighted by Gasteiger charge is 2.50. The smallest absolute Gasteiger partial charge is 0.0677 e. The zero-order valence-corrected chi connectivity index (χ0v) is 42.6. The van der Waals surface area contributed by atoms with E-state index in [0.717, 1.165) is 18.5 Å². The van der Waals surface area contributed by atoms with E-state index in [1.165, 1.54) is 133 Å². The first-order valence-electron chi connectivity index (χ1n) is 26.5. The number of allylic oxidation sites excluding steroid dienone is 4. The second-order valence-electron chi connectivity index (χ2n) is 23.1. The maximum Gasteiger partial charge on any atom is 0.0677 e. The van der Waals surface area contributed by atoms with Crippen LogP contribution in [0.3, 0.4) is 0 Å². The summed E-state index contributed by atoms with van der Waals surface area (Å²) in [6.07, 6.45) is 9.11. The van der Waals surface area contributed by atoms with Crippen molar-refractivity contribution >= 4 is 38.6 Å². The Morgan fingerprint density at radius 3 is 1.49 bits per heavy atom. The Kier molecular flexibility index (Phi) is 8.65. The van der Waals surface area contributed by atoms with Gasteiger partial charge in [-0.1, -0.05) is 187 Å². The molecule has 0 aromatic heterocycles. The number of hydrogen-bond acceptors (Lipinski definition) is 1. The first-order valence-corrected chi connectivity index (χ1v) is 26.5. The van der Waals surface area contributed by atoms with Crippen molar-refractivity contribution in [2.45, 2.75) is 76.0 Å². The molecule has 73 heavy (non-hydrogen) atoms. The number of hydrogen-bond donors (Lipinski definition) is 0. The van der Waals surface area contributed by atoms with E-state index in [0.29, 0.717) is 0 Å². The van der Waals surface area contributed by atoms with Crippen molar-refractivity contribution in [2.24, 2.45) is 0 Å². The summed E-state index contributed by atoms with van der Waals surface area (Å²) in [5, 5.41) is 5.22. The van der Waals surface area contributed by atoms with Crippen LogP contribution in [0.15, 0.2) is 218 Å². The van der Waals surface area contributed by atoms with E-state index in [1.54, 1.807) is 0 Å². The van der Waals surface area contributed by atoms with E-state index in [2.05, 4.69) is 259 Å². The highest BCUT2D eigenvalue weighted by atomic mass is 15.1. The zero-order valence-electron chi connectivity index (χ0n) is 42.6. The van der Waals surface area contributed by atoms with Crippen molar-refractivity contribution in [2.75, 3.05) is 4.90 Å². The van der Waals surface area contributed by atoms with Crippen LogP contribution in [0, 0.1) is 0 Å². The van der Waals surface area contributed by atoms with Crippen LogP contribution < -0.4 is 4.90 Å². The molecule has 0 radical (unpaired) electrons. The fourth-order valence-electron chi connectivity index (χ4n) is 14.7. The molecule has 5 aliphatic carbocycles. The van der Waals surface area contributed by atoms with Gasteiger partial charge in [-0.25, -0.2) is 0 Å². The van der Waals surface area contributed by atoms with Crippen LogP contribution in [-0.2, 0) is 21.7 Å². The van der Waals surface area contributed by atoms with Crippen molar-refractivity contribution in [3.63, 3.8) is 0 Å². The third-order valence-electron chi connectivity index (χ3n) is 18.4. The Morgan fingerprint density at radius 2 is 0.849 bits per heavy atom. The van der Waals surface area contributed by atoms with Crippen LogP contribution in [0.25, 0.3) is 66.1 Å². The lowest BCUT2D eigenvalue weighted by molar-refractivity contribution is 0.652. The quantitative estimate of drug-likeness (QED) is 0.166. The average Bonchev–Trinajstić information content (AvgIpc) is 4.00. The first kappa shape index (κ1) is 42.7. The minimum absolute atomic E-state index is 0.100. The van der Waals surface area contributed by atoms with Gasteiger partial charge in [0.25, 0.3) is 0 Å². The maximum absolute atomic E-state index is 2.61. The van der Waals surface area contributed by atoms with Gasteiger partial charge in [-0.15, -0.1) is 0 Å². The van der Waals surface area contributed by atoms with Gasteiger partial charge in [-0.2, -0.15) is 0 Å². The van der Waals surface area contributed by atoms with Crippen LogP contribution >= 0.6 is 0 Å². The highest BCUT2D eigenvalue weighted by molar-refractivity contribution is 6.04. The molecule has 10 aromatic rings. The van der Waals surface area contributed by atoms with E-state index < -0.39 is 5.41 Å². The second-order valence-corrected chi connectivity index (χ2v) is 23.1. The topological polar surface area (TPSA) is 3.24 Å². The Labute approximate surface area is 429 Å². The summed E-state index contributed by atoms with van der Waals surface area (Å²) in [6.45, 7) is 14.6. The third kappa shape index (κ3) is 5.63. The molecule has 0 bridgehead atoms. The number of benzene rings is 10. The summed E-state index contributed by atoms with van der Waals surface area (Å²) in [4.78, 5) is 2.50. The molecule has 0 saturated carbocycles. The summed E-state index contributed by atoms with van der Waals surface area (Å²) in [7, 11) is 0. The Balaban J connectivity index is 0.882. The molecule has 350 valence electrons. The predicted molar refractivity (Wildman–Crippen MR) is 307 cm³/mol. The summed E-state index contributed by atoms with van der Waals surface area (Å²) in [6, 6.07) is 74.8. The monoisotopic (exact) mass is 935 g/mol. The molecule has 0 saturated heterocycles. The molecule has 0 heterocycles. The van der Waals surface area contributed by atoms with Crippen LogP contribution in [0.4, 0.5) is 17.1 Å². The summed E-state index contributed by atoms with van der Waals surface area (Å²) in [5.41, 5.74) is 27.4. The van der Waals surface area contributed by atoms with Gasteiger partial charge in [0.2, 0.25) is 0 Å². The fourth-order valence-corrected chi connectivity index (χ4v) is 14.7. The van der Waals surface area contributed by atoms with Gasteiger partial charge >= 0.3 is 0 Å². The molecule has 0 aliphatic heterocycles. The number of rotatable bonds is 5. The van der Waals surface area contributed by atoms with E-state index in [9.17, 15) is 0 Å². The van der Waals surface area contributed by atoms with Crippen molar-refractivity contribution in [1.82, 2.24) is 0 Å². The van der Waals surface area contributed by atoms with Gasteiger partial charge in [-0.05, 0) is 202 Å². The zero-order chi connectivity index (χ0) is 49.2. The van der Waals surface area contributed by atoms with Gasteiger partial charge in [-0.3, -0.25) is 0 Å². The third-order valence-corrected chi connectivity index (χ3v) is 18.4. The number of anilines is 3. The number of fused-ring (bicyclic) bond motifs is 15. The minimum Gasteiger partial charge on any atom is -0.310 e. The first-order chi connectivity index (χ1) is 35.5. The Morgan fingerprint density at radius 1 is 0.356 bits per heavy atom. The molecule has 1 heteroatoms. The van der Waals surface area contributed by atoms with Crippen molar-refractivity contribution in [3.05, 3.63) is 268 Å². The van der Waals surface area contributed by atoms with Gasteiger partial charge < -0.3 is 4.90 Å². The molecule has 15 rings (SSSR count). The SMILES string of the molecule is CC1(C)c2cc(N(c3ccccc3)c3ccc4c(c3)C(C)(C)c3cc5c(cc3-4)C(C3=CC=CCC3)(c3ccccc3)c3cc4ccccc4cc3-5)ccc2-c2cc3c(cc21)-c1c(ccc2ccccc12)C3(C)C. The normalized spacial score (nSPS) is 18.3. The van der Waals surface area contributed by atoms with E-state index in [-0.39, 0.29) is 16.2 Å². The maximum atomic E-state index is 2.61. The van der Waals surface area contributed by atoms with Crippen molar-refractivity contribution in [1.29, 1.82) is 0 Å². The predicted octanol–water partition coefficient (Wildman–Crippen LogP) is 19.0. The standard InChI is InChI=1S/C72H57N/c1-69(2)60-35-30-44-20-18-19-29-52(44)68(60)59-43-64-56(40-65(59)69)53-33-31-50(38-61(53)71(64,5)6)73(49-27-14-9-15-28-49)51-32-34-54-57-42-67-58(41-63(57)70(3,4)62(54)39-51)55-36-45-21-16-17-22-46(45)37-66(55)72(67,47-23-10-7-11-24-47)48-25-12-8-13-26-48/h7-12,14-25,27-43H,13,26H2,1-6H3. The van der Waals surface area contributed by atoms with Gasteiger partial charge in [0, 0.05) is 33.3 Å². The molecule has 0 amide bonds. The van der Waals surface area contributed by atoms with Crippen LogP contribution in [-0.4, -0.2) is 0 Å². The summed E-state index contributed by atoms with van der Waals surface area (Å²) < 4.78 is 0. The van der Waals surface area contributed by atoms with E-state index in [1.807, 2.05) is 0 Å². The van der Waals surface area contributed by atoms with Gasteiger partial charge in [0.05, 0.1) is 5.41 Å². The van der Waals surface area contributed by atoms with E-state index in [4.69, 9.17) is 0 Å². The minimum atomic E-state index is -0.414. The number of para-hydroxylation sites is 1. The molecule has 1 atom stereocenters. The summed E-state index contributed by atoms with van der Waals surface area (Å²) in [5.74, 6) is 0. The molecule has 10 aromatic carbocycles. The van der Waals surface area contributed by atoms with Gasteiger partial charge in [0.1, 0.15) is 0 Å². The summed E-state index contributed by atoms with van der Waals surface area (Å²) >= 11 is 0. The van der Waals surface area contributed by atoms with Crippen LogP contribution in [0.5, 0.6) is 0 Å². The lowest BCUT2D eigenvalue weighted by Gasteiger charge is -2.37. The van der Waals surface area contributed by atoms with Crippen molar-refractivity contribution in [3.8, 4) is 44.5 Å². The Bertz CT molecular complexity index is 4100. The molecule has 0 N–H and O–H groups in total. The number of nitrogens with zero attached hydrogens (tertiary/aromatic N) is 1. The van der Waals surface area contributed by atoms with Crippen molar-refractivity contribution < 1.29 is 0 Å².